The second-order valence-electron chi connectivity index (χ2n) is 10.5. The van der Waals surface area contributed by atoms with Gasteiger partial charge in [-0.25, -0.2) is 22.4 Å². The Morgan fingerprint density at radius 1 is 0.895 bits per heavy atom. The Kier molecular flexibility index (Phi) is 7.70. The lowest BCUT2D eigenvalue weighted by Gasteiger charge is -2.52. The van der Waals surface area contributed by atoms with E-state index in [0.29, 0.717) is 6.54 Å². The zero-order valence-corrected chi connectivity index (χ0v) is 21.1. The molecule has 1 atom stereocenters. The molecule has 0 radical (unpaired) electrons. The highest BCUT2D eigenvalue weighted by Gasteiger charge is 2.47. The number of carbonyl (C=O) groups is 1. The number of carbonyl (C=O) groups excluding carboxylic acids is 1. The summed E-state index contributed by atoms with van der Waals surface area (Å²) in [7, 11) is 0. The van der Waals surface area contributed by atoms with E-state index in [1.165, 1.54) is 23.8 Å². The number of halogens is 4. The number of amides is 1. The van der Waals surface area contributed by atoms with Gasteiger partial charge in [-0.1, -0.05) is 36.4 Å². The second kappa shape index (κ2) is 11.2. The zero-order chi connectivity index (χ0) is 26.7. The molecule has 2 bridgehead atoms. The van der Waals surface area contributed by atoms with Crippen LogP contribution in [0, 0.1) is 29.2 Å². The minimum Gasteiger partial charge on any atom is -0.440 e. The number of nitrogens with zero attached hydrogens (tertiary/aromatic N) is 2. The SMILES string of the molecule is O=C(OC1C[N+]2(CCCc3ccccc3)CCC1CC2)N(Cc1cc(F)c(F)c(F)c1)c1cccc(F)c1. The first-order valence-corrected chi connectivity index (χ1v) is 13.1. The van der Waals surface area contributed by atoms with Crippen LogP contribution in [0.15, 0.2) is 66.7 Å². The van der Waals surface area contributed by atoms with E-state index >= 15 is 0 Å². The van der Waals surface area contributed by atoms with Gasteiger partial charge in [-0.3, -0.25) is 4.90 Å². The molecule has 38 heavy (non-hydrogen) atoms. The molecule has 3 heterocycles. The minimum absolute atomic E-state index is 0.0286. The topological polar surface area (TPSA) is 29.5 Å². The first kappa shape index (κ1) is 26.2. The van der Waals surface area contributed by atoms with Gasteiger partial charge in [0.1, 0.15) is 12.4 Å². The Balaban J connectivity index is 1.30. The Morgan fingerprint density at radius 2 is 1.61 bits per heavy atom. The summed E-state index contributed by atoms with van der Waals surface area (Å²) in [5.41, 5.74) is 1.52. The molecule has 0 spiro atoms. The molecule has 1 amide bonds. The van der Waals surface area contributed by atoms with E-state index in [0.717, 1.165) is 72.9 Å². The van der Waals surface area contributed by atoms with Gasteiger partial charge >= 0.3 is 6.09 Å². The number of hydrogen-bond acceptors (Lipinski definition) is 2. The molecule has 3 aliphatic heterocycles. The molecule has 0 aliphatic carbocycles. The molecule has 3 fully saturated rings. The molecule has 0 aromatic heterocycles. The third-order valence-corrected chi connectivity index (χ3v) is 7.96. The van der Waals surface area contributed by atoms with E-state index in [9.17, 15) is 22.4 Å². The fourth-order valence-electron chi connectivity index (χ4n) is 5.91. The standard InChI is InChI=1S/C30H31F4N2O2/c31-24-9-4-10-25(18-24)35(19-22-16-26(32)29(34)27(33)17-22)30(37)38-28-20-36(14-11-23(28)12-15-36)13-5-8-21-6-2-1-3-7-21/h1-4,6-7,9-10,16-18,23,28H,5,8,11-15,19-20H2/q+1. The molecular formula is C30H31F4N2O2+. The fraction of sp³-hybridized carbons (Fsp3) is 0.367. The normalized spacial score (nSPS) is 22.3. The van der Waals surface area contributed by atoms with Crippen LogP contribution >= 0.6 is 0 Å². The average Bonchev–Trinajstić information content (AvgIpc) is 2.91. The smallest absolute Gasteiger partial charge is 0.415 e. The number of aryl methyl sites for hydroxylation is 1. The predicted octanol–water partition coefficient (Wildman–Crippen LogP) is 6.63. The maximum absolute atomic E-state index is 14.0. The van der Waals surface area contributed by atoms with Crippen molar-refractivity contribution in [2.24, 2.45) is 5.92 Å². The number of hydrogen-bond donors (Lipinski definition) is 0. The van der Waals surface area contributed by atoms with Gasteiger partial charge in [0.2, 0.25) is 0 Å². The maximum atomic E-state index is 14.0. The van der Waals surface area contributed by atoms with Crippen LogP contribution in [-0.2, 0) is 17.7 Å². The van der Waals surface area contributed by atoms with Crippen molar-refractivity contribution in [1.82, 2.24) is 0 Å². The second-order valence-corrected chi connectivity index (χ2v) is 10.5. The molecule has 8 heteroatoms. The third kappa shape index (κ3) is 5.85. The van der Waals surface area contributed by atoms with Crippen molar-refractivity contribution in [2.75, 3.05) is 31.1 Å². The van der Waals surface area contributed by atoms with Gasteiger partial charge in [-0.05, 0) is 47.9 Å². The van der Waals surface area contributed by atoms with Gasteiger partial charge in [0, 0.05) is 25.2 Å². The van der Waals surface area contributed by atoms with Gasteiger partial charge in [0.25, 0.3) is 0 Å². The average molecular weight is 528 g/mol. The summed E-state index contributed by atoms with van der Waals surface area (Å²) in [6, 6.07) is 17.4. The minimum atomic E-state index is -1.58. The monoisotopic (exact) mass is 527 g/mol. The molecule has 200 valence electrons. The first-order valence-electron chi connectivity index (χ1n) is 13.1. The molecule has 3 aromatic carbocycles. The molecular weight excluding hydrogens is 496 g/mol. The molecule has 6 rings (SSSR count). The van der Waals surface area contributed by atoms with Crippen molar-refractivity contribution in [1.29, 1.82) is 0 Å². The van der Waals surface area contributed by atoms with Crippen LogP contribution in [0.4, 0.5) is 28.0 Å². The highest BCUT2D eigenvalue weighted by atomic mass is 19.2. The number of anilines is 1. The third-order valence-electron chi connectivity index (χ3n) is 7.96. The summed E-state index contributed by atoms with van der Waals surface area (Å²) < 4.78 is 62.2. The Bertz CT molecular complexity index is 1260. The lowest BCUT2D eigenvalue weighted by Crippen LogP contribution is -2.65. The number of benzene rings is 3. The summed E-state index contributed by atoms with van der Waals surface area (Å²) in [6.07, 6.45) is 2.91. The number of ether oxygens (including phenoxy) is 1. The Labute approximate surface area is 220 Å². The van der Waals surface area contributed by atoms with E-state index in [1.807, 2.05) is 18.2 Å². The lowest BCUT2D eigenvalue weighted by molar-refractivity contribution is -0.946. The van der Waals surface area contributed by atoms with E-state index in [-0.39, 0.29) is 29.8 Å². The highest BCUT2D eigenvalue weighted by molar-refractivity contribution is 5.87. The van der Waals surface area contributed by atoms with Crippen LogP contribution in [0.25, 0.3) is 0 Å². The molecule has 0 saturated carbocycles. The summed E-state index contributed by atoms with van der Waals surface area (Å²) in [4.78, 5) is 14.6. The van der Waals surface area contributed by atoms with E-state index in [4.69, 9.17) is 4.74 Å². The Morgan fingerprint density at radius 3 is 2.29 bits per heavy atom. The highest BCUT2D eigenvalue weighted by Crippen LogP contribution is 2.36. The van der Waals surface area contributed by atoms with Crippen molar-refractivity contribution in [2.45, 2.75) is 38.3 Å². The van der Waals surface area contributed by atoms with Crippen LogP contribution in [0.3, 0.4) is 0 Å². The van der Waals surface area contributed by atoms with Gasteiger partial charge in [-0.2, -0.15) is 0 Å². The van der Waals surface area contributed by atoms with Crippen LogP contribution in [-0.4, -0.2) is 42.9 Å². The van der Waals surface area contributed by atoms with Gasteiger partial charge < -0.3 is 9.22 Å². The van der Waals surface area contributed by atoms with Gasteiger partial charge in [0.05, 0.1) is 31.9 Å². The predicted molar refractivity (Wildman–Crippen MR) is 136 cm³/mol. The number of rotatable bonds is 8. The van der Waals surface area contributed by atoms with E-state index < -0.39 is 29.4 Å². The van der Waals surface area contributed by atoms with Crippen molar-refractivity contribution < 1.29 is 31.6 Å². The van der Waals surface area contributed by atoms with E-state index in [2.05, 4.69) is 12.1 Å². The fourth-order valence-corrected chi connectivity index (χ4v) is 5.91. The van der Waals surface area contributed by atoms with Crippen LogP contribution in [0.1, 0.15) is 30.4 Å². The van der Waals surface area contributed by atoms with E-state index in [1.54, 1.807) is 0 Å². The maximum Gasteiger partial charge on any atom is 0.415 e. The van der Waals surface area contributed by atoms with Gasteiger partial charge in [-0.15, -0.1) is 0 Å². The Hall–Kier alpha value is -3.39. The van der Waals surface area contributed by atoms with Crippen LogP contribution in [0.2, 0.25) is 0 Å². The quantitative estimate of drug-likeness (QED) is 0.187. The molecule has 3 saturated heterocycles. The number of fused-ring (bicyclic) bond motifs is 3. The molecule has 3 aliphatic rings. The largest absolute Gasteiger partial charge is 0.440 e. The lowest BCUT2D eigenvalue weighted by atomic mass is 9.83. The number of quaternary nitrogens is 1. The van der Waals surface area contributed by atoms with Crippen molar-refractivity contribution in [3.05, 3.63) is 101 Å². The number of piperidine rings is 3. The summed E-state index contributed by atoms with van der Waals surface area (Å²) in [6.45, 7) is 3.51. The molecule has 0 N–H and O–H groups in total. The van der Waals surface area contributed by atoms with Crippen molar-refractivity contribution >= 4 is 11.8 Å². The first-order chi connectivity index (χ1) is 18.3. The summed E-state index contributed by atoms with van der Waals surface area (Å²) >= 11 is 0. The van der Waals surface area contributed by atoms with Crippen molar-refractivity contribution in [3.8, 4) is 0 Å². The zero-order valence-electron chi connectivity index (χ0n) is 21.1. The summed E-state index contributed by atoms with van der Waals surface area (Å²) in [5, 5.41) is 0. The van der Waals surface area contributed by atoms with Crippen molar-refractivity contribution in [3.63, 3.8) is 0 Å². The summed E-state index contributed by atoms with van der Waals surface area (Å²) in [5.74, 6) is -4.62. The molecule has 1 unspecified atom stereocenters. The molecule has 3 aromatic rings. The molecule has 4 nitrogen and oxygen atoms in total. The van der Waals surface area contributed by atoms with Crippen LogP contribution in [0.5, 0.6) is 0 Å². The van der Waals surface area contributed by atoms with Gasteiger partial charge in [0.15, 0.2) is 23.6 Å². The van der Waals surface area contributed by atoms with Crippen LogP contribution < -0.4 is 4.90 Å².